The summed E-state index contributed by atoms with van der Waals surface area (Å²) in [5.74, 6) is 0. The fourth-order valence-corrected chi connectivity index (χ4v) is 3.72. The first kappa shape index (κ1) is 12.9. The highest BCUT2D eigenvalue weighted by atomic mass is 33.1. The summed E-state index contributed by atoms with van der Waals surface area (Å²) in [6.45, 7) is 0. The van der Waals surface area contributed by atoms with Gasteiger partial charge in [-0.25, -0.2) is 0 Å². The van der Waals surface area contributed by atoms with Crippen LogP contribution in [-0.4, -0.2) is 12.6 Å². The standard InChI is InChI=1S/C14H10O2S2/c15-9-11-5-1-3-7-13(11)17-18-14-8-4-2-6-12(14)10-16/h1-10H. The molecule has 0 atom stereocenters. The second-order valence-electron chi connectivity index (χ2n) is 3.48. The van der Waals surface area contributed by atoms with Crippen molar-refractivity contribution in [2.24, 2.45) is 0 Å². The van der Waals surface area contributed by atoms with Crippen LogP contribution < -0.4 is 0 Å². The minimum atomic E-state index is 0.665. The molecule has 2 rings (SSSR count). The molecule has 0 spiro atoms. The number of hydrogen-bond acceptors (Lipinski definition) is 4. The molecule has 0 bridgehead atoms. The van der Waals surface area contributed by atoms with Crippen molar-refractivity contribution in [3.05, 3.63) is 59.7 Å². The monoisotopic (exact) mass is 274 g/mol. The summed E-state index contributed by atoms with van der Waals surface area (Å²) in [4.78, 5) is 23.6. The highest BCUT2D eigenvalue weighted by Crippen LogP contribution is 2.39. The van der Waals surface area contributed by atoms with Gasteiger partial charge >= 0.3 is 0 Å². The molecule has 18 heavy (non-hydrogen) atoms. The highest BCUT2D eigenvalue weighted by Gasteiger charge is 2.05. The van der Waals surface area contributed by atoms with Crippen molar-refractivity contribution in [3.8, 4) is 0 Å². The summed E-state index contributed by atoms with van der Waals surface area (Å²) in [5.41, 5.74) is 1.33. The maximum atomic E-state index is 10.9. The highest BCUT2D eigenvalue weighted by molar-refractivity contribution is 8.76. The molecule has 0 unspecified atom stereocenters. The number of hydrogen-bond donors (Lipinski definition) is 0. The quantitative estimate of drug-likeness (QED) is 0.607. The van der Waals surface area contributed by atoms with Crippen LogP contribution in [-0.2, 0) is 0 Å². The minimum absolute atomic E-state index is 0.665. The average Bonchev–Trinajstić information content (AvgIpc) is 2.45. The molecule has 0 aromatic heterocycles. The van der Waals surface area contributed by atoms with E-state index in [0.717, 1.165) is 22.4 Å². The third-order valence-electron chi connectivity index (χ3n) is 2.31. The summed E-state index contributed by atoms with van der Waals surface area (Å²) in [6.07, 6.45) is 1.68. The Hall–Kier alpha value is -1.52. The van der Waals surface area contributed by atoms with E-state index in [1.54, 1.807) is 12.1 Å². The van der Waals surface area contributed by atoms with Crippen molar-refractivity contribution in [1.82, 2.24) is 0 Å². The fourth-order valence-electron chi connectivity index (χ4n) is 1.40. The summed E-state index contributed by atoms with van der Waals surface area (Å²) in [7, 11) is 2.96. The van der Waals surface area contributed by atoms with E-state index in [2.05, 4.69) is 0 Å². The molecule has 0 saturated heterocycles. The molecule has 0 heterocycles. The Kier molecular flexibility index (Phi) is 4.61. The fraction of sp³-hybridized carbons (Fsp3) is 0. The second kappa shape index (κ2) is 6.42. The maximum absolute atomic E-state index is 10.9. The third-order valence-corrected chi connectivity index (χ3v) is 4.83. The molecule has 90 valence electrons. The summed E-state index contributed by atoms with van der Waals surface area (Å²) in [5, 5.41) is 0. The largest absolute Gasteiger partial charge is 0.298 e. The van der Waals surface area contributed by atoms with Crippen LogP contribution >= 0.6 is 21.6 Å². The van der Waals surface area contributed by atoms with E-state index in [-0.39, 0.29) is 0 Å². The summed E-state index contributed by atoms with van der Waals surface area (Å²) >= 11 is 0. The predicted octanol–water partition coefficient (Wildman–Crippen LogP) is 4.11. The number of rotatable bonds is 5. The van der Waals surface area contributed by atoms with E-state index in [1.807, 2.05) is 36.4 Å². The smallest absolute Gasteiger partial charge is 0.151 e. The van der Waals surface area contributed by atoms with Gasteiger partial charge in [0.25, 0.3) is 0 Å². The lowest BCUT2D eigenvalue weighted by Gasteiger charge is -2.05. The van der Waals surface area contributed by atoms with Crippen LogP contribution in [0.4, 0.5) is 0 Å². The lowest BCUT2D eigenvalue weighted by molar-refractivity contribution is 0.111. The van der Waals surface area contributed by atoms with E-state index < -0.39 is 0 Å². The van der Waals surface area contributed by atoms with Gasteiger partial charge < -0.3 is 0 Å². The first-order chi connectivity index (χ1) is 8.85. The Bertz CT molecular complexity index is 516. The van der Waals surface area contributed by atoms with Gasteiger partial charge in [-0.3, -0.25) is 9.59 Å². The van der Waals surface area contributed by atoms with Crippen LogP contribution in [0.15, 0.2) is 58.3 Å². The van der Waals surface area contributed by atoms with Gasteiger partial charge in [0, 0.05) is 20.9 Å². The normalized spacial score (nSPS) is 10.0. The van der Waals surface area contributed by atoms with Crippen LogP contribution in [0.1, 0.15) is 20.7 Å². The van der Waals surface area contributed by atoms with Gasteiger partial charge in [0.2, 0.25) is 0 Å². The van der Waals surface area contributed by atoms with Gasteiger partial charge in [0.15, 0.2) is 12.6 Å². The average molecular weight is 274 g/mol. The van der Waals surface area contributed by atoms with Gasteiger partial charge in [-0.05, 0) is 12.1 Å². The summed E-state index contributed by atoms with van der Waals surface area (Å²) in [6, 6.07) is 14.8. The molecule has 0 fully saturated rings. The number of carbonyl (C=O) groups excluding carboxylic acids is 2. The molecule has 0 radical (unpaired) electrons. The molecule has 2 nitrogen and oxygen atoms in total. The van der Waals surface area contributed by atoms with Gasteiger partial charge in [-0.1, -0.05) is 58.0 Å². The molecule has 0 aliphatic carbocycles. The molecular formula is C14H10O2S2. The minimum Gasteiger partial charge on any atom is -0.298 e. The van der Waals surface area contributed by atoms with Gasteiger partial charge in [-0.15, -0.1) is 0 Å². The molecule has 0 aliphatic heterocycles. The zero-order valence-electron chi connectivity index (χ0n) is 9.41. The van der Waals surface area contributed by atoms with Crippen molar-refractivity contribution in [3.63, 3.8) is 0 Å². The van der Waals surface area contributed by atoms with Crippen LogP contribution in [0, 0.1) is 0 Å². The molecular weight excluding hydrogens is 264 g/mol. The van der Waals surface area contributed by atoms with Gasteiger partial charge in [0.05, 0.1) is 0 Å². The van der Waals surface area contributed by atoms with Gasteiger partial charge in [0.1, 0.15) is 0 Å². The molecule has 0 N–H and O–H groups in total. The second-order valence-corrected chi connectivity index (χ2v) is 5.69. The van der Waals surface area contributed by atoms with Crippen LogP contribution in [0.3, 0.4) is 0 Å². The molecule has 0 aliphatic rings. The molecule has 0 saturated carbocycles. The Morgan fingerprint density at radius 3 is 1.44 bits per heavy atom. The zero-order valence-corrected chi connectivity index (χ0v) is 11.0. The Morgan fingerprint density at radius 2 is 1.06 bits per heavy atom. The number of carbonyl (C=O) groups is 2. The van der Waals surface area contributed by atoms with Crippen molar-refractivity contribution < 1.29 is 9.59 Å². The van der Waals surface area contributed by atoms with Crippen LogP contribution in [0.2, 0.25) is 0 Å². The SMILES string of the molecule is O=Cc1ccccc1SSc1ccccc1C=O. The van der Waals surface area contributed by atoms with Crippen LogP contribution in [0.5, 0.6) is 0 Å². The Balaban J connectivity index is 2.16. The maximum Gasteiger partial charge on any atom is 0.151 e. The van der Waals surface area contributed by atoms with Crippen molar-refractivity contribution >= 4 is 34.2 Å². The Labute approximate surface area is 113 Å². The number of benzene rings is 2. The first-order valence-electron chi connectivity index (χ1n) is 5.28. The Morgan fingerprint density at radius 1 is 0.667 bits per heavy atom. The van der Waals surface area contributed by atoms with Gasteiger partial charge in [-0.2, -0.15) is 0 Å². The summed E-state index contributed by atoms with van der Waals surface area (Å²) < 4.78 is 0. The molecule has 2 aromatic rings. The first-order valence-corrected chi connectivity index (χ1v) is 7.43. The van der Waals surface area contributed by atoms with Crippen molar-refractivity contribution in [1.29, 1.82) is 0 Å². The van der Waals surface area contributed by atoms with Crippen molar-refractivity contribution in [2.75, 3.05) is 0 Å². The number of aldehydes is 2. The van der Waals surface area contributed by atoms with E-state index in [4.69, 9.17) is 0 Å². The molecule has 2 aromatic carbocycles. The van der Waals surface area contributed by atoms with E-state index >= 15 is 0 Å². The zero-order chi connectivity index (χ0) is 12.8. The predicted molar refractivity (Wildman–Crippen MR) is 75.4 cm³/mol. The molecule has 0 amide bonds. The van der Waals surface area contributed by atoms with E-state index in [1.165, 1.54) is 21.6 Å². The lowest BCUT2D eigenvalue weighted by atomic mass is 10.2. The van der Waals surface area contributed by atoms with E-state index in [9.17, 15) is 9.59 Å². The topological polar surface area (TPSA) is 34.1 Å². The van der Waals surface area contributed by atoms with E-state index in [0.29, 0.717) is 11.1 Å². The third kappa shape index (κ3) is 3.03. The van der Waals surface area contributed by atoms with Crippen molar-refractivity contribution in [2.45, 2.75) is 9.79 Å². The molecule has 4 heteroatoms. The van der Waals surface area contributed by atoms with Crippen LogP contribution in [0.25, 0.3) is 0 Å². The lowest BCUT2D eigenvalue weighted by Crippen LogP contribution is -1.84.